The molecule has 0 bridgehead atoms. The third-order valence-corrected chi connectivity index (χ3v) is 4.79. The molecule has 1 aromatic rings. The Hall–Kier alpha value is -0.860. The van der Waals surface area contributed by atoms with E-state index in [0.29, 0.717) is 6.04 Å². The molecule has 1 aliphatic rings. The summed E-state index contributed by atoms with van der Waals surface area (Å²) in [5.74, 6) is 1.70. The van der Waals surface area contributed by atoms with E-state index in [1.165, 1.54) is 30.6 Å². The third kappa shape index (κ3) is 4.07. The summed E-state index contributed by atoms with van der Waals surface area (Å²) in [6.45, 7) is 13.8. The van der Waals surface area contributed by atoms with Gasteiger partial charge < -0.3 is 10.2 Å². The highest BCUT2D eigenvalue weighted by atomic mass is 15.2. The second-order valence-corrected chi connectivity index (χ2v) is 6.52. The monoisotopic (exact) mass is 274 g/mol. The molecule has 3 atom stereocenters. The molecule has 0 amide bonds. The van der Waals surface area contributed by atoms with Gasteiger partial charge in [0.2, 0.25) is 0 Å². The Labute approximate surface area is 124 Å². The zero-order valence-electron chi connectivity index (χ0n) is 13.5. The molecule has 2 nitrogen and oxygen atoms in total. The van der Waals surface area contributed by atoms with Crippen molar-refractivity contribution >= 4 is 0 Å². The van der Waals surface area contributed by atoms with Gasteiger partial charge in [-0.2, -0.15) is 0 Å². The van der Waals surface area contributed by atoms with Gasteiger partial charge in [0, 0.05) is 19.1 Å². The molecular weight excluding hydrogens is 244 g/mol. The average Bonchev–Trinajstić information content (AvgIpc) is 2.43. The van der Waals surface area contributed by atoms with Crippen LogP contribution in [0, 0.1) is 18.8 Å². The van der Waals surface area contributed by atoms with Crippen molar-refractivity contribution in [3.8, 4) is 0 Å². The molecule has 0 saturated carbocycles. The van der Waals surface area contributed by atoms with Gasteiger partial charge in [0.15, 0.2) is 0 Å². The average molecular weight is 274 g/mol. The molecule has 2 rings (SSSR count). The molecule has 3 unspecified atom stereocenters. The molecule has 0 aromatic heterocycles. The van der Waals surface area contributed by atoms with Crippen molar-refractivity contribution in [3.05, 3.63) is 35.4 Å². The second-order valence-electron chi connectivity index (χ2n) is 6.52. The van der Waals surface area contributed by atoms with Crippen LogP contribution in [-0.2, 0) is 0 Å². The van der Waals surface area contributed by atoms with E-state index in [1.54, 1.807) is 0 Å². The predicted octanol–water partition coefficient (Wildman–Crippen LogP) is 3.62. The lowest BCUT2D eigenvalue weighted by molar-refractivity contribution is 0.127. The zero-order chi connectivity index (χ0) is 14.5. The minimum atomic E-state index is 0.459. The van der Waals surface area contributed by atoms with Crippen LogP contribution in [0.3, 0.4) is 0 Å². The van der Waals surface area contributed by atoms with Crippen LogP contribution in [0.15, 0.2) is 24.3 Å². The molecule has 1 aromatic carbocycles. The Morgan fingerprint density at radius 2 is 1.90 bits per heavy atom. The summed E-state index contributed by atoms with van der Waals surface area (Å²) < 4.78 is 0. The number of aryl methyl sites for hydroxylation is 1. The number of likely N-dealkylation sites (N-methyl/N-ethyl adjacent to an activating group) is 1. The molecule has 1 aliphatic heterocycles. The minimum Gasteiger partial charge on any atom is -0.309 e. The first-order valence-corrected chi connectivity index (χ1v) is 8.12. The lowest BCUT2D eigenvalue weighted by Gasteiger charge is -2.37. The fraction of sp³-hybridized carbons (Fsp3) is 0.667. The normalized spacial score (nSPS) is 25.6. The molecule has 0 spiro atoms. The highest BCUT2D eigenvalue weighted by Crippen LogP contribution is 2.24. The smallest absolute Gasteiger partial charge is 0.0449 e. The van der Waals surface area contributed by atoms with Crippen molar-refractivity contribution in [1.29, 1.82) is 0 Å². The number of nitrogens with one attached hydrogen (secondary N) is 1. The van der Waals surface area contributed by atoms with Gasteiger partial charge in [-0.1, -0.05) is 50.6 Å². The Bertz CT molecular complexity index is 398. The highest BCUT2D eigenvalue weighted by Gasteiger charge is 2.24. The minimum absolute atomic E-state index is 0.459. The van der Waals surface area contributed by atoms with Crippen LogP contribution in [-0.4, -0.2) is 31.1 Å². The molecular formula is C18H30N2. The van der Waals surface area contributed by atoms with E-state index in [9.17, 15) is 0 Å². The Morgan fingerprint density at radius 3 is 2.50 bits per heavy atom. The summed E-state index contributed by atoms with van der Waals surface area (Å²) in [4.78, 5) is 2.64. The first-order chi connectivity index (χ1) is 9.60. The SMILES string of the molecule is CCNC(CN1CCC(C)C(C)C1)c1ccc(C)cc1. The number of hydrogen-bond donors (Lipinski definition) is 1. The Morgan fingerprint density at radius 1 is 1.20 bits per heavy atom. The fourth-order valence-electron chi connectivity index (χ4n) is 3.11. The fourth-order valence-corrected chi connectivity index (χ4v) is 3.11. The van der Waals surface area contributed by atoms with Crippen molar-refractivity contribution in [2.45, 2.75) is 40.2 Å². The van der Waals surface area contributed by atoms with E-state index < -0.39 is 0 Å². The standard InChI is InChI=1S/C18H30N2/c1-5-19-18(17-8-6-14(2)7-9-17)13-20-11-10-15(3)16(4)12-20/h6-9,15-16,18-19H,5,10-13H2,1-4H3. The van der Waals surface area contributed by atoms with Crippen LogP contribution in [0.5, 0.6) is 0 Å². The van der Waals surface area contributed by atoms with Gasteiger partial charge in [-0.15, -0.1) is 0 Å². The van der Waals surface area contributed by atoms with Crippen LogP contribution in [0.2, 0.25) is 0 Å². The summed E-state index contributed by atoms with van der Waals surface area (Å²) in [7, 11) is 0. The van der Waals surface area contributed by atoms with Gasteiger partial charge in [0.25, 0.3) is 0 Å². The van der Waals surface area contributed by atoms with Crippen LogP contribution in [0.25, 0.3) is 0 Å². The van der Waals surface area contributed by atoms with E-state index >= 15 is 0 Å². The number of rotatable bonds is 5. The molecule has 20 heavy (non-hydrogen) atoms. The van der Waals surface area contributed by atoms with E-state index in [0.717, 1.165) is 24.9 Å². The molecule has 1 N–H and O–H groups in total. The van der Waals surface area contributed by atoms with Gasteiger partial charge in [0.05, 0.1) is 0 Å². The van der Waals surface area contributed by atoms with Crippen molar-refractivity contribution in [2.24, 2.45) is 11.8 Å². The van der Waals surface area contributed by atoms with Gasteiger partial charge in [-0.3, -0.25) is 0 Å². The number of nitrogens with zero attached hydrogens (tertiary/aromatic N) is 1. The van der Waals surface area contributed by atoms with E-state index in [4.69, 9.17) is 0 Å². The highest BCUT2D eigenvalue weighted by molar-refractivity contribution is 5.24. The van der Waals surface area contributed by atoms with Crippen LogP contribution in [0.4, 0.5) is 0 Å². The maximum absolute atomic E-state index is 3.65. The van der Waals surface area contributed by atoms with Crippen LogP contribution >= 0.6 is 0 Å². The van der Waals surface area contributed by atoms with Gasteiger partial charge in [-0.05, 0) is 43.8 Å². The number of benzene rings is 1. The third-order valence-electron chi connectivity index (χ3n) is 4.79. The Kier molecular flexibility index (Phi) is 5.62. The van der Waals surface area contributed by atoms with E-state index in [2.05, 4.69) is 62.2 Å². The summed E-state index contributed by atoms with van der Waals surface area (Å²) in [5.41, 5.74) is 2.76. The molecule has 1 fully saturated rings. The van der Waals surface area contributed by atoms with Gasteiger partial charge in [-0.25, -0.2) is 0 Å². The maximum atomic E-state index is 3.65. The maximum Gasteiger partial charge on any atom is 0.0449 e. The number of likely N-dealkylation sites (tertiary alicyclic amines) is 1. The lowest BCUT2D eigenvalue weighted by atomic mass is 9.88. The summed E-state index contributed by atoms with van der Waals surface area (Å²) >= 11 is 0. The second kappa shape index (κ2) is 7.24. The summed E-state index contributed by atoms with van der Waals surface area (Å²) in [6.07, 6.45) is 1.34. The quantitative estimate of drug-likeness (QED) is 0.882. The zero-order valence-corrected chi connectivity index (χ0v) is 13.5. The number of hydrogen-bond acceptors (Lipinski definition) is 2. The first kappa shape index (κ1) is 15.5. The molecule has 112 valence electrons. The lowest BCUT2D eigenvalue weighted by Crippen LogP contribution is -2.43. The van der Waals surface area contributed by atoms with Gasteiger partial charge >= 0.3 is 0 Å². The van der Waals surface area contributed by atoms with E-state index in [1.807, 2.05) is 0 Å². The van der Waals surface area contributed by atoms with Crippen molar-refractivity contribution in [1.82, 2.24) is 10.2 Å². The summed E-state index contributed by atoms with van der Waals surface area (Å²) in [5, 5.41) is 3.65. The Balaban J connectivity index is 2.00. The van der Waals surface area contributed by atoms with Gasteiger partial charge in [0.1, 0.15) is 0 Å². The topological polar surface area (TPSA) is 15.3 Å². The van der Waals surface area contributed by atoms with Crippen LogP contribution in [0.1, 0.15) is 44.4 Å². The summed E-state index contributed by atoms with van der Waals surface area (Å²) in [6, 6.07) is 9.46. The number of piperidine rings is 1. The van der Waals surface area contributed by atoms with Crippen LogP contribution < -0.4 is 5.32 Å². The molecule has 1 saturated heterocycles. The van der Waals surface area contributed by atoms with Crippen molar-refractivity contribution in [3.63, 3.8) is 0 Å². The molecule has 0 aliphatic carbocycles. The van der Waals surface area contributed by atoms with Crippen molar-refractivity contribution in [2.75, 3.05) is 26.2 Å². The van der Waals surface area contributed by atoms with Crippen molar-refractivity contribution < 1.29 is 0 Å². The molecule has 0 radical (unpaired) electrons. The molecule has 2 heteroatoms. The largest absolute Gasteiger partial charge is 0.309 e. The predicted molar refractivity (Wildman–Crippen MR) is 87.0 cm³/mol. The first-order valence-electron chi connectivity index (χ1n) is 8.12. The van der Waals surface area contributed by atoms with E-state index in [-0.39, 0.29) is 0 Å². The molecule has 1 heterocycles.